The first-order chi connectivity index (χ1) is 12.7. The van der Waals surface area contributed by atoms with Crippen LogP contribution >= 0.6 is 0 Å². The number of anilines is 2. The predicted octanol–water partition coefficient (Wildman–Crippen LogP) is 3.20. The molecule has 0 saturated carbocycles. The number of hydrogen-bond donors (Lipinski definition) is 3. The van der Waals surface area contributed by atoms with Crippen molar-refractivity contribution < 1.29 is 9.59 Å². The second kappa shape index (κ2) is 9.15. The van der Waals surface area contributed by atoms with E-state index < -0.39 is 0 Å². The van der Waals surface area contributed by atoms with Gasteiger partial charge in [-0.15, -0.1) is 0 Å². The largest absolute Gasteiger partial charge is 0.326 e. The van der Waals surface area contributed by atoms with Crippen LogP contribution in [0.15, 0.2) is 54.6 Å². The monoisotopic (exact) mass is 351 g/mol. The fourth-order valence-electron chi connectivity index (χ4n) is 3.13. The Labute approximate surface area is 154 Å². The summed E-state index contributed by atoms with van der Waals surface area (Å²) in [6, 6.07) is 17.3. The molecule has 0 aromatic heterocycles. The molecule has 2 aromatic rings. The first kappa shape index (κ1) is 18.1. The minimum absolute atomic E-state index is 0.0318. The Morgan fingerprint density at radius 1 is 0.923 bits per heavy atom. The minimum Gasteiger partial charge on any atom is -0.326 e. The van der Waals surface area contributed by atoms with Crippen molar-refractivity contribution in [2.24, 2.45) is 5.92 Å². The van der Waals surface area contributed by atoms with E-state index in [9.17, 15) is 9.59 Å². The Morgan fingerprint density at radius 2 is 1.62 bits per heavy atom. The van der Waals surface area contributed by atoms with Gasteiger partial charge in [0.1, 0.15) is 0 Å². The van der Waals surface area contributed by atoms with Gasteiger partial charge in [0.05, 0.1) is 0 Å². The van der Waals surface area contributed by atoms with Gasteiger partial charge in [0, 0.05) is 23.7 Å². The number of nitrogens with one attached hydrogen (secondary N) is 3. The molecule has 26 heavy (non-hydrogen) atoms. The lowest BCUT2D eigenvalue weighted by atomic mass is 9.97. The molecule has 3 N–H and O–H groups in total. The number of benzene rings is 2. The lowest BCUT2D eigenvalue weighted by Crippen LogP contribution is -2.34. The second-order valence-electron chi connectivity index (χ2n) is 6.63. The van der Waals surface area contributed by atoms with Crippen molar-refractivity contribution in [3.63, 3.8) is 0 Å². The van der Waals surface area contributed by atoms with Gasteiger partial charge in [-0.25, -0.2) is 0 Å². The normalized spacial score (nSPS) is 14.6. The quantitative estimate of drug-likeness (QED) is 0.748. The molecule has 136 valence electrons. The molecular formula is C21H25N3O2. The van der Waals surface area contributed by atoms with Gasteiger partial charge < -0.3 is 16.0 Å². The van der Waals surface area contributed by atoms with E-state index in [-0.39, 0.29) is 17.7 Å². The van der Waals surface area contributed by atoms with Crippen molar-refractivity contribution in [3.8, 4) is 0 Å². The van der Waals surface area contributed by atoms with Crippen LogP contribution in [0, 0.1) is 5.92 Å². The topological polar surface area (TPSA) is 70.2 Å². The average Bonchev–Trinajstić information content (AvgIpc) is 2.68. The van der Waals surface area contributed by atoms with Crippen LogP contribution in [0.4, 0.5) is 11.4 Å². The number of amides is 2. The van der Waals surface area contributed by atoms with Crippen molar-refractivity contribution in [2.45, 2.75) is 25.7 Å². The molecule has 0 aliphatic carbocycles. The zero-order valence-corrected chi connectivity index (χ0v) is 14.8. The summed E-state index contributed by atoms with van der Waals surface area (Å²) in [5.74, 6) is 0.0788. The van der Waals surface area contributed by atoms with Gasteiger partial charge in [-0.3, -0.25) is 9.59 Å². The molecule has 0 unspecified atom stereocenters. The van der Waals surface area contributed by atoms with E-state index in [4.69, 9.17) is 0 Å². The molecule has 1 aliphatic rings. The molecule has 5 nitrogen and oxygen atoms in total. The van der Waals surface area contributed by atoms with Gasteiger partial charge in [-0.1, -0.05) is 36.4 Å². The first-order valence-electron chi connectivity index (χ1n) is 9.16. The number of carbonyl (C=O) groups excluding carboxylic acids is 2. The third kappa shape index (κ3) is 5.43. The highest BCUT2D eigenvalue weighted by molar-refractivity contribution is 5.95. The zero-order valence-electron chi connectivity index (χ0n) is 14.8. The van der Waals surface area contributed by atoms with E-state index in [1.807, 2.05) is 48.5 Å². The van der Waals surface area contributed by atoms with E-state index in [0.717, 1.165) is 37.2 Å². The van der Waals surface area contributed by atoms with Crippen molar-refractivity contribution in [1.29, 1.82) is 0 Å². The molecule has 2 aromatic carbocycles. The van der Waals surface area contributed by atoms with Crippen LogP contribution in [-0.2, 0) is 16.0 Å². The standard InChI is InChI=1S/C21H25N3O2/c25-20(10-9-16-5-2-1-3-6-16)23-18-7-4-8-19(15-18)24-21(26)17-11-13-22-14-12-17/h1-8,15,17,22H,9-14H2,(H,23,25)(H,24,26). The number of hydrogen-bond acceptors (Lipinski definition) is 3. The molecular weight excluding hydrogens is 326 g/mol. The van der Waals surface area contributed by atoms with Crippen LogP contribution in [0.1, 0.15) is 24.8 Å². The van der Waals surface area contributed by atoms with Crippen LogP contribution in [0.25, 0.3) is 0 Å². The summed E-state index contributed by atoms with van der Waals surface area (Å²) in [7, 11) is 0. The lowest BCUT2D eigenvalue weighted by Gasteiger charge is -2.21. The number of piperidine rings is 1. The fourth-order valence-corrected chi connectivity index (χ4v) is 3.13. The maximum absolute atomic E-state index is 12.3. The van der Waals surface area contributed by atoms with Crippen molar-refractivity contribution in [3.05, 3.63) is 60.2 Å². The summed E-state index contributed by atoms with van der Waals surface area (Å²) in [6.45, 7) is 1.77. The summed E-state index contributed by atoms with van der Waals surface area (Å²) in [5, 5.41) is 9.13. The van der Waals surface area contributed by atoms with Crippen molar-refractivity contribution in [1.82, 2.24) is 5.32 Å². The van der Waals surface area contributed by atoms with Crippen molar-refractivity contribution >= 4 is 23.2 Å². The molecule has 2 amide bonds. The first-order valence-corrected chi connectivity index (χ1v) is 9.16. The van der Waals surface area contributed by atoms with E-state index in [1.165, 1.54) is 0 Å². The number of carbonyl (C=O) groups is 2. The highest BCUT2D eigenvalue weighted by atomic mass is 16.2. The smallest absolute Gasteiger partial charge is 0.227 e. The summed E-state index contributed by atoms with van der Waals surface area (Å²) in [4.78, 5) is 24.5. The zero-order chi connectivity index (χ0) is 18.2. The van der Waals surface area contributed by atoms with Crippen LogP contribution in [0.2, 0.25) is 0 Å². The van der Waals surface area contributed by atoms with Crippen molar-refractivity contribution in [2.75, 3.05) is 23.7 Å². The molecule has 0 spiro atoms. The fraction of sp³-hybridized carbons (Fsp3) is 0.333. The van der Waals surface area contributed by atoms with Gasteiger partial charge in [0.2, 0.25) is 11.8 Å². The van der Waals surface area contributed by atoms with E-state index in [1.54, 1.807) is 6.07 Å². The molecule has 5 heteroatoms. The van der Waals surface area contributed by atoms with Crippen LogP contribution in [-0.4, -0.2) is 24.9 Å². The minimum atomic E-state index is -0.0318. The maximum atomic E-state index is 12.3. The molecule has 0 atom stereocenters. The summed E-state index contributed by atoms with van der Waals surface area (Å²) in [5.41, 5.74) is 2.56. The van der Waals surface area contributed by atoms with E-state index >= 15 is 0 Å². The third-order valence-corrected chi connectivity index (χ3v) is 4.61. The SMILES string of the molecule is O=C(CCc1ccccc1)Nc1cccc(NC(=O)C2CCNCC2)c1. The Hall–Kier alpha value is -2.66. The van der Waals surface area contributed by atoms with Gasteiger partial charge in [-0.05, 0) is 56.1 Å². The van der Waals surface area contributed by atoms with Gasteiger partial charge in [0.25, 0.3) is 0 Å². The predicted molar refractivity (Wildman–Crippen MR) is 104 cm³/mol. The number of aryl methyl sites for hydroxylation is 1. The molecule has 0 radical (unpaired) electrons. The Kier molecular flexibility index (Phi) is 6.39. The average molecular weight is 351 g/mol. The summed E-state index contributed by atoms with van der Waals surface area (Å²) >= 11 is 0. The summed E-state index contributed by atoms with van der Waals surface area (Å²) in [6.07, 6.45) is 2.86. The van der Waals surface area contributed by atoms with Crippen LogP contribution < -0.4 is 16.0 Å². The molecule has 1 aliphatic heterocycles. The molecule has 1 heterocycles. The molecule has 1 saturated heterocycles. The third-order valence-electron chi connectivity index (χ3n) is 4.61. The van der Waals surface area contributed by atoms with E-state index in [0.29, 0.717) is 18.5 Å². The van der Waals surface area contributed by atoms with Crippen LogP contribution in [0.5, 0.6) is 0 Å². The Bertz CT molecular complexity index is 740. The highest BCUT2D eigenvalue weighted by Gasteiger charge is 2.20. The highest BCUT2D eigenvalue weighted by Crippen LogP contribution is 2.19. The van der Waals surface area contributed by atoms with Gasteiger partial charge in [0.15, 0.2) is 0 Å². The molecule has 0 bridgehead atoms. The Balaban J connectivity index is 1.51. The Morgan fingerprint density at radius 3 is 2.35 bits per heavy atom. The second-order valence-corrected chi connectivity index (χ2v) is 6.63. The lowest BCUT2D eigenvalue weighted by molar-refractivity contribution is -0.120. The number of rotatable bonds is 6. The molecule has 1 fully saturated rings. The summed E-state index contributed by atoms with van der Waals surface area (Å²) < 4.78 is 0. The van der Waals surface area contributed by atoms with Gasteiger partial charge >= 0.3 is 0 Å². The van der Waals surface area contributed by atoms with Gasteiger partial charge in [-0.2, -0.15) is 0 Å². The van der Waals surface area contributed by atoms with Crippen LogP contribution in [0.3, 0.4) is 0 Å². The maximum Gasteiger partial charge on any atom is 0.227 e. The molecule has 3 rings (SSSR count). The van der Waals surface area contributed by atoms with E-state index in [2.05, 4.69) is 16.0 Å².